The Kier molecular flexibility index (Phi) is 4.77. The third-order valence-electron chi connectivity index (χ3n) is 2.39. The summed E-state index contributed by atoms with van der Waals surface area (Å²) in [6, 6.07) is 8.00. The molecule has 0 aliphatic carbocycles. The summed E-state index contributed by atoms with van der Waals surface area (Å²) in [5.74, 6) is -0.328. The van der Waals surface area contributed by atoms with Crippen LogP contribution in [0.2, 0.25) is 0 Å². The molecule has 18 heavy (non-hydrogen) atoms. The number of anilines is 1. The van der Waals surface area contributed by atoms with Crippen molar-refractivity contribution in [1.29, 1.82) is 0 Å². The van der Waals surface area contributed by atoms with E-state index in [-0.39, 0.29) is 18.5 Å². The summed E-state index contributed by atoms with van der Waals surface area (Å²) in [4.78, 5) is 0.930. The smallest absolute Gasteiger partial charge is 0.146 e. The minimum Gasteiger partial charge on any atom is -0.394 e. The molecule has 0 amide bonds. The lowest BCUT2D eigenvalue weighted by molar-refractivity contribution is 0.277. The second-order valence-electron chi connectivity index (χ2n) is 3.63. The average molecular weight is 395 g/mol. The van der Waals surface area contributed by atoms with Gasteiger partial charge in [-0.25, -0.2) is 4.39 Å². The Hall–Kier alpha value is -0.430. The number of para-hydroxylation sites is 1. The van der Waals surface area contributed by atoms with Gasteiger partial charge >= 0.3 is 0 Å². The normalized spacial score (nSPS) is 12.4. The van der Waals surface area contributed by atoms with E-state index in [2.05, 4.69) is 37.2 Å². The molecule has 2 aromatic rings. The minimum atomic E-state index is -0.328. The van der Waals surface area contributed by atoms with Gasteiger partial charge in [-0.05, 0) is 50.1 Å². The van der Waals surface area contributed by atoms with Crippen LogP contribution in [0.4, 0.5) is 10.1 Å². The van der Waals surface area contributed by atoms with E-state index in [1.807, 2.05) is 6.07 Å². The van der Waals surface area contributed by atoms with E-state index in [1.54, 1.807) is 18.2 Å². The summed E-state index contributed by atoms with van der Waals surface area (Å²) in [5, 5.41) is 12.4. The lowest BCUT2D eigenvalue weighted by atomic mass is 10.2. The number of thiophene rings is 1. The summed E-state index contributed by atoms with van der Waals surface area (Å²) in [7, 11) is 0. The van der Waals surface area contributed by atoms with Crippen LogP contribution in [0.25, 0.3) is 0 Å². The number of rotatable bonds is 4. The summed E-state index contributed by atoms with van der Waals surface area (Å²) >= 11 is 8.29. The summed E-state index contributed by atoms with van der Waals surface area (Å²) < 4.78 is 15.4. The van der Waals surface area contributed by atoms with Gasteiger partial charge in [-0.1, -0.05) is 12.1 Å². The van der Waals surface area contributed by atoms with Crippen molar-refractivity contribution < 1.29 is 9.50 Å². The van der Waals surface area contributed by atoms with Crippen molar-refractivity contribution in [2.24, 2.45) is 0 Å². The first kappa shape index (κ1) is 14.0. The molecule has 1 unspecified atom stereocenters. The molecule has 0 bridgehead atoms. The Labute approximate surface area is 125 Å². The molecule has 1 aromatic heterocycles. The molecule has 1 heterocycles. The van der Waals surface area contributed by atoms with Crippen LogP contribution in [0.5, 0.6) is 0 Å². The minimum absolute atomic E-state index is 0.103. The first-order valence-electron chi connectivity index (χ1n) is 5.18. The first-order valence-corrected chi connectivity index (χ1v) is 7.58. The van der Waals surface area contributed by atoms with Crippen molar-refractivity contribution in [2.45, 2.75) is 6.04 Å². The largest absolute Gasteiger partial charge is 0.394 e. The lowest BCUT2D eigenvalue weighted by Crippen LogP contribution is -2.14. The maximum atomic E-state index is 13.5. The van der Waals surface area contributed by atoms with Gasteiger partial charge < -0.3 is 10.4 Å². The van der Waals surface area contributed by atoms with Crippen molar-refractivity contribution in [2.75, 3.05) is 11.9 Å². The number of benzene rings is 1. The first-order chi connectivity index (χ1) is 8.61. The van der Waals surface area contributed by atoms with Crippen molar-refractivity contribution in [3.8, 4) is 0 Å². The van der Waals surface area contributed by atoms with Gasteiger partial charge in [0.05, 0.1) is 22.1 Å². The molecule has 0 spiro atoms. The molecule has 0 saturated heterocycles. The van der Waals surface area contributed by atoms with Gasteiger partial charge in [0.25, 0.3) is 0 Å². The Morgan fingerprint density at radius 2 is 2.06 bits per heavy atom. The fraction of sp³-hybridized carbons (Fsp3) is 0.167. The molecule has 2 rings (SSSR count). The maximum absolute atomic E-state index is 13.5. The molecule has 0 radical (unpaired) electrons. The number of nitrogens with one attached hydrogen (secondary N) is 1. The summed E-state index contributed by atoms with van der Waals surface area (Å²) in [6.45, 7) is -0.103. The number of aliphatic hydroxyl groups is 1. The van der Waals surface area contributed by atoms with E-state index in [9.17, 15) is 9.50 Å². The zero-order valence-electron chi connectivity index (χ0n) is 9.16. The molecular weight excluding hydrogens is 385 g/mol. The Balaban J connectivity index is 2.22. The molecule has 1 aromatic carbocycles. The van der Waals surface area contributed by atoms with Gasteiger partial charge in [0, 0.05) is 9.35 Å². The maximum Gasteiger partial charge on any atom is 0.146 e. The highest BCUT2D eigenvalue weighted by molar-refractivity contribution is 9.13. The fourth-order valence-electron chi connectivity index (χ4n) is 1.51. The van der Waals surface area contributed by atoms with Crippen molar-refractivity contribution in [3.63, 3.8) is 0 Å². The molecule has 0 fully saturated rings. The van der Waals surface area contributed by atoms with Crippen molar-refractivity contribution >= 4 is 48.9 Å². The molecule has 2 nitrogen and oxygen atoms in total. The fourth-order valence-corrected chi connectivity index (χ4v) is 3.64. The van der Waals surface area contributed by atoms with Gasteiger partial charge in [-0.3, -0.25) is 0 Å². The van der Waals surface area contributed by atoms with E-state index in [4.69, 9.17) is 0 Å². The van der Waals surface area contributed by atoms with Gasteiger partial charge in [-0.2, -0.15) is 0 Å². The van der Waals surface area contributed by atoms with Crippen molar-refractivity contribution in [3.05, 3.63) is 49.3 Å². The van der Waals surface area contributed by atoms with Crippen LogP contribution in [0.3, 0.4) is 0 Å². The van der Waals surface area contributed by atoms with E-state index in [0.717, 1.165) is 13.1 Å². The number of hydrogen-bond donors (Lipinski definition) is 2. The van der Waals surface area contributed by atoms with Crippen LogP contribution in [-0.2, 0) is 0 Å². The van der Waals surface area contributed by atoms with Crippen LogP contribution in [0.15, 0.2) is 38.6 Å². The van der Waals surface area contributed by atoms with Crippen LogP contribution in [0.1, 0.15) is 10.9 Å². The number of halogens is 3. The van der Waals surface area contributed by atoms with Gasteiger partial charge in [0.2, 0.25) is 0 Å². The molecule has 0 aliphatic heterocycles. The molecule has 2 N–H and O–H groups in total. The van der Waals surface area contributed by atoms with Gasteiger partial charge in [0.15, 0.2) is 0 Å². The molecule has 96 valence electrons. The quantitative estimate of drug-likeness (QED) is 0.796. The zero-order valence-corrected chi connectivity index (χ0v) is 13.1. The standard InChI is InChI=1S/C12H10Br2FNOS/c13-7-5-11(18-12(7)14)10(6-17)16-9-4-2-1-3-8(9)15/h1-5,10,16-17H,6H2. The van der Waals surface area contributed by atoms with Crippen LogP contribution in [-0.4, -0.2) is 11.7 Å². The molecule has 1 atom stereocenters. The molecule has 0 saturated carbocycles. The van der Waals surface area contributed by atoms with Crippen LogP contribution < -0.4 is 5.32 Å². The van der Waals surface area contributed by atoms with Crippen molar-refractivity contribution in [1.82, 2.24) is 0 Å². The molecule has 6 heteroatoms. The van der Waals surface area contributed by atoms with Crippen LogP contribution in [0, 0.1) is 5.82 Å². The summed E-state index contributed by atoms with van der Waals surface area (Å²) in [5.41, 5.74) is 0.386. The zero-order chi connectivity index (χ0) is 13.1. The monoisotopic (exact) mass is 393 g/mol. The van der Waals surface area contributed by atoms with Gasteiger partial charge in [0.1, 0.15) is 5.82 Å². The second kappa shape index (κ2) is 6.14. The van der Waals surface area contributed by atoms with E-state index >= 15 is 0 Å². The average Bonchev–Trinajstić information content (AvgIpc) is 2.68. The van der Waals surface area contributed by atoms with E-state index < -0.39 is 0 Å². The predicted octanol–water partition coefficient (Wildman–Crippen LogP) is 4.56. The van der Waals surface area contributed by atoms with Crippen LogP contribution >= 0.6 is 43.2 Å². The van der Waals surface area contributed by atoms with E-state index in [1.165, 1.54) is 17.4 Å². The SMILES string of the molecule is OCC(Nc1ccccc1F)c1cc(Br)c(Br)s1. The Bertz CT molecular complexity index is 527. The molecular formula is C12H10Br2FNOS. The third kappa shape index (κ3) is 3.12. The second-order valence-corrected chi connectivity index (χ2v) is 6.89. The number of aliphatic hydroxyl groups excluding tert-OH is 1. The summed E-state index contributed by atoms with van der Waals surface area (Å²) in [6.07, 6.45) is 0. The number of hydrogen-bond acceptors (Lipinski definition) is 3. The lowest BCUT2D eigenvalue weighted by Gasteiger charge is -2.16. The van der Waals surface area contributed by atoms with E-state index in [0.29, 0.717) is 5.69 Å². The Morgan fingerprint density at radius 1 is 1.33 bits per heavy atom. The highest BCUT2D eigenvalue weighted by atomic mass is 79.9. The predicted molar refractivity (Wildman–Crippen MR) is 79.6 cm³/mol. The molecule has 0 aliphatic rings. The highest BCUT2D eigenvalue weighted by Crippen LogP contribution is 2.36. The third-order valence-corrected chi connectivity index (χ3v) is 5.76. The highest BCUT2D eigenvalue weighted by Gasteiger charge is 2.16. The van der Waals surface area contributed by atoms with Gasteiger partial charge in [-0.15, -0.1) is 11.3 Å². The Morgan fingerprint density at radius 3 is 2.61 bits per heavy atom. The topological polar surface area (TPSA) is 32.3 Å².